The Balaban J connectivity index is 1.58. The minimum atomic E-state index is 0.314. The molecule has 2 fully saturated rings. The average Bonchev–Trinajstić information content (AvgIpc) is 2.72. The average molecular weight is 253 g/mol. The van der Waals surface area contributed by atoms with Crippen molar-refractivity contribution in [3.63, 3.8) is 0 Å². The summed E-state index contributed by atoms with van der Waals surface area (Å²) < 4.78 is 6.39. The molecule has 0 aromatic carbocycles. The molecule has 0 amide bonds. The van der Waals surface area contributed by atoms with E-state index in [1.54, 1.807) is 0 Å². The third-order valence-corrected chi connectivity index (χ3v) is 4.54. The molecule has 1 aliphatic heterocycles. The predicted molar refractivity (Wildman–Crippen MR) is 76.9 cm³/mol. The van der Waals surface area contributed by atoms with Gasteiger partial charge in [0.15, 0.2) is 0 Å². The normalized spacial score (nSPS) is 27.2. The fourth-order valence-electron chi connectivity index (χ4n) is 3.51. The fraction of sp³-hybridized carbons (Fsp3) is 1.00. The molecule has 2 aliphatic rings. The zero-order valence-electron chi connectivity index (χ0n) is 12.3. The molecule has 0 bridgehead atoms. The first kappa shape index (κ1) is 14.3. The molecule has 1 spiro atoms. The maximum Gasteiger partial charge on any atom is 0.0687 e. The monoisotopic (exact) mass is 253 g/mol. The Bertz CT molecular complexity index is 233. The summed E-state index contributed by atoms with van der Waals surface area (Å²) in [5.41, 5.74) is 0.314. The van der Waals surface area contributed by atoms with Gasteiger partial charge in [-0.2, -0.15) is 0 Å². The molecule has 106 valence electrons. The van der Waals surface area contributed by atoms with E-state index in [0.29, 0.717) is 11.7 Å². The van der Waals surface area contributed by atoms with Crippen molar-refractivity contribution in [2.75, 3.05) is 13.1 Å². The van der Waals surface area contributed by atoms with Crippen LogP contribution >= 0.6 is 0 Å². The summed E-state index contributed by atoms with van der Waals surface area (Å²) in [4.78, 5) is 0. The molecule has 1 heterocycles. The minimum absolute atomic E-state index is 0.314. The van der Waals surface area contributed by atoms with Gasteiger partial charge in [-0.25, -0.2) is 0 Å². The van der Waals surface area contributed by atoms with Crippen LogP contribution in [0.15, 0.2) is 0 Å². The van der Waals surface area contributed by atoms with Gasteiger partial charge in [0.25, 0.3) is 0 Å². The lowest BCUT2D eigenvalue weighted by Crippen LogP contribution is -2.31. The Morgan fingerprint density at radius 2 is 1.94 bits per heavy atom. The Hall–Kier alpha value is -0.0800. The predicted octanol–water partition coefficient (Wildman–Crippen LogP) is 3.89. The van der Waals surface area contributed by atoms with Gasteiger partial charge in [0.1, 0.15) is 0 Å². The number of ether oxygens (including phenoxy) is 1. The lowest BCUT2D eigenvalue weighted by atomic mass is 9.83. The molecule has 1 atom stereocenters. The van der Waals surface area contributed by atoms with Crippen molar-refractivity contribution in [1.82, 2.24) is 5.32 Å². The summed E-state index contributed by atoms with van der Waals surface area (Å²) in [7, 11) is 0. The number of rotatable bonds is 6. The fourth-order valence-corrected chi connectivity index (χ4v) is 3.51. The van der Waals surface area contributed by atoms with Gasteiger partial charge >= 0.3 is 0 Å². The zero-order chi connectivity index (χ0) is 12.8. The summed E-state index contributed by atoms with van der Waals surface area (Å²) in [6, 6.07) is 0. The molecule has 0 radical (unpaired) electrons. The Labute approximate surface area is 113 Å². The van der Waals surface area contributed by atoms with Crippen molar-refractivity contribution in [2.24, 2.45) is 5.92 Å². The molecule has 1 aliphatic carbocycles. The molecular weight excluding hydrogens is 222 g/mol. The van der Waals surface area contributed by atoms with Gasteiger partial charge in [-0.1, -0.05) is 33.1 Å². The maximum atomic E-state index is 6.39. The van der Waals surface area contributed by atoms with Crippen molar-refractivity contribution in [3.05, 3.63) is 0 Å². The molecule has 2 nitrogen and oxygen atoms in total. The Kier molecular flexibility index (Phi) is 5.50. The van der Waals surface area contributed by atoms with Crippen LogP contribution in [0.3, 0.4) is 0 Å². The van der Waals surface area contributed by atoms with Gasteiger partial charge in [-0.15, -0.1) is 0 Å². The second-order valence-electron chi connectivity index (χ2n) is 6.76. The van der Waals surface area contributed by atoms with Gasteiger partial charge in [-0.3, -0.25) is 0 Å². The SMILES string of the molecule is CC(C)CNCCCC1CCC2(CCCCC2)O1. The Morgan fingerprint density at radius 1 is 1.17 bits per heavy atom. The summed E-state index contributed by atoms with van der Waals surface area (Å²) in [6.45, 7) is 6.83. The van der Waals surface area contributed by atoms with Crippen LogP contribution < -0.4 is 5.32 Å². The smallest absolute Gasteiger partial charge is 0.0687 e. The van der Waals surface area contributed by atoms with E-state index in [4.69, 9.17) is 4.74 Å². The standard InChI is InChI=1S/C16H31NO/c1-14(2)13-17-12-6-7-15-8-11-16(18-15)9-4-3-5-10-16/h14-15,17H,3-13H2,1-2H3. The minimum Gasteiger partial charge on any atom is -0.372 e. The van der Waals surface area contributed by atoms with Crippen LogP contribution in [0, 0.1) is 5.92 Å². The molecular formula is C16H31NO. The van der Waals surface area contributed by atoms with Crippen LogP contribution in [-0.2, 0) is 4.74 Å². The Morgan fingerprint density at radius 3 is 2.67 bits per heavy atom. The summed E-state index contributed by atoms with van der Waals surface area (Å²) in [5, 5.41) is 3.52. The molecule has 0 aromatic rings. The lowest BCUT2D eigenvalue weighted by Gasteiger charge is -2.33. The topological polar surface area (TPSA) is 21.3 Å². The van der Waals surface area contributed by atoms with Gasteiger partial charge in [0.2, 0.25) is 0 Å². The van der Waals surface area contributed by atoms with E-state index in [1.807, 2.05) is 0 Å². The van der Waals surface area contributed by atoms with Crippen LogP contribution in [0.5, 0.6) is 0 Å². The third-order valence-electron chi connectivity index (χ3n) is 4.54. The molecule has 18 heavy (non-hydrogen) atoms. The van der Waals surface area contributed by atoms with Crippen LogP contribution in [-0.4, -0.2) is 24.8 Å². The first-order valence-electron chi connectivity index (χ1n) is 8.09. The third kappa shape index (κ3) is 4.24. The largest absolute Gasteiger partial charge is 0.372 e. The first-order chi connectivity index (χ1) is 8.70. The van der Waals surface area contributed by atoms with E-state index in [9.17, 15) is 0 Å². The molecule has 0 aromatic heterocycles. The highest BCUT2D eigenvalue weighted by Crippen LogP contribution is 2.42. The second kappa shape index (κ2) is 6.91. The summed E-state index contributed by atoms with van der Waals surface area (Å²) in [6.07, 6.45) is 12.6. The zero-order valence-corrected chi connectivity index (χ0v) is 12.3. The molecule has 1 N–H and O–H groups in total. The van der Waals surface area contributed by atoms with E-state index in [2.05, 4.69) is 19.2 Å². The highest BCUT2D eigenvalue weighted by Gasteiger charge is 2.40. The van der Waals surface area contributed by atoms with Crippen LogP contribution in [0.25, 0.3) is 0 Å². The summed E-state index contributed by atoms with van der Waals surface area (Å²) in [5.74, 6) is 0.762. The lowest BCUT2D eigenvalue weighted by molar-refractivity contribution is -0.0659. The molecule has 2 rings (SSSR count). The highest BCUT2D eigenvalue weighted by molar-refractivity contribution is 4.91. The molecule has 2 heteroatoms. The van der Waals surface area contributed by atoms with Crippen molar-refractivity contribution < 1.29 is 4.74 Å². The molecule has 1 saturated heterocycles. The van der Waals surface area contributed by atoms with Crippen LogP contribution in [0.4, 0.5) is 0 Å². The van der Waals surface area contributed by atoms with E-state index >= 15 is 0 Å². The van der Waals surface area contributed by atoms with Gasteiger partial charge in [0, 0.05) is 0 Å². The van der Waals surface area contributed by atoms with Crippen LogP contribution in [0.2, 0.25) is 0 Å². The second-order valence-corrected chi connectivity index (χ2v) is 6.76. The van der Waals surface area contributed by atoms with E-state index < -0.39 is 0 Å². The number of hydrogen-bond acceptors (Lipinski definition) is 2. The van der Waals surface area contributed by atoms with E-state index in [-0.39, 0.29) is 0 Å². The maximum absolute atomic E-state index is 6.39. The van der Waals surface area contributed by atoms with E-state index in [0.717, 1.165) is 19.0 Å². The van der Waals surface area contributed by atoms with Gasteiger partial charge in [-0.05, 0) is 57.5 Å². The number of nitrogens with one attached hydrogen (secondary N) is 1. The number of hydrogen-bond donors (Lipinski definition) is 1. The van der Waals surface area contributed by atoms with E-state index in [1.165, 1.54) is 57.8 Å². The molecule has 1 unspecified atom stereocenters. The quantitative estimate of drug-likeness (QED) is 0.725. The first-order valence-corrected chi connectivity index (χ1v) is 8.09. The van der Waals surface area contributed by atoms with Crippen molar-refractivity contribution in [2.45, 2.75) is 83.3 Å². The van der Waals surface area contributed by atoms with Crippen molar-refractivity contribution in [3.8, 4) is 0 Å². The molecule has 1 saturated carbocycles. The van der Waals surface area contributed by atoms with Crippen molar-refractivity contribution >= 4 is 0 Å². The van der Waals surface area contributed by atoms with Crippen molar-refractivity contribution in [1.29, 1.82) is 0 Å². The van der Waals surface area contributed by atoms with Crippen LogP contribution in [0.1, 0.15) is 71.6 Å². The van der Waals surface area contributed by atoms with Gasteiger partial charge in [0.05, 0.1) is 11.7 Å². The highest BCUT2D eigenvalue weighted by atomic mass is 16.5. The summed E-state index contributed by atoms with van der Waals surface area (Å²) >= 11 is 0. The van der Waals surface area contributed by atoms with Gasteiger partial charge < -0.3 is 10.1 Å².